The molecule has 0 spiro atoms. The molecule has 0 amide bonds. The van der Waals surface area contributed by atoms with Crippen LogP contribution in [-0.4, -0.2) is 32.9 Å². The first-order valence-electron chi connectivity index (χ1n) is 6.48. The maximum Gasteiger partial charge on any atom is 0.340 e. The number of methoxy groups -OCH3 is 1. The van der Waals surface area contributed by atoms with E-state index < -0.39 is 11.8 Å². The quantitative estimate of drug-likeness (QED) is 0.451. The van der Waals surface area contributed by atoms with Crippen LogP contribution in [0.5, 0.6) is 5.75 Å². The second-order valence-corrected chi connectivity index (χ2v) is 4.18. The molecule has 1 aromatic rings. The summed E-state index contributed by atoms with van der Waals surface area (Å²) in [5.41, 5.74) is 5.65. The third-order valence-corrected chi connectivity index (χ3v) is 2.64. The molecule has 0 radical (unpaired) electrons. The van der Waals surface area contributed by atoms with Gasteiger partial charge < -0.3 is 19.9 Å². The van der Waals surface area contributed by atoms with Crippen LogP contribution in [0, 0.1) is 5.82 Å². The normalized spacial score (nSPS) is 10.3. The highest BCUT2D eigenvalue weighted by Gasteiger charge is 2.15. The fourth-order valence-corrected chi connectivity index (χ4v) is 1.53. The maximum absolute atomic E-state index is 13.6. The van der Waals surface area contributed by atoms with Crippen molar-refractivity contribution in [3.63, 3.8) is 0 Å². The second kappa shape index (κ2) is 8.37. The number of hydrogen-bond donors (Lipinski definition) is 1. The number of carbonyl (C=O) groups excluding carboxylic acids is 1. The Labute approximate surface area is 117 Å². The van der Waals surface area contributed by atoms with E-state index in [2.05, 4.69) is 11.7 Å². The highest BCUT2D eigenvalue weighted by atomic mass is 19.1. The van der Waals surface area contributed by atoms with Gasteiger partial charge in [0, 0.05) is 18.4 Å². The smallest absolute Gasteiger partial charge is 0.340 e. The van der Waals surface area contributed by atoms with Crippen LogP contribution >= 0.6 is 0 Å². The number of esters is 1. The monoisotopic (exact) mass is 285 g/mol. The van der Waals surface area contributed by atoms with Crippen molar-refractivity contribution < 1.29 is 23.4 Å². The fraction of sp³-hybridized carbons (Fsp3) is 0.500. The van der Waals surface area contributed by atoms with Gasteiger partial charge in [-0.3, -0.25) is 0 Å². The summed E-state index contributed by atoms with van der Waals surface area (Å²) in [6.45, 7) is 3.28. The van der Waals surface area contributed by atoms with Gasteiger partial charge in [-0.1, -0.05) is 13.3 Å². The summed E-state index contributed by atoms with van der Waals surface area (Å²) in [6, 6.07) is 2.28. The average molecular weight is 285 g/mol. The fourth-order valence-electron chi connectivity index (χ4n) is 1.53. The third-order valence-electron chi connectivity index (χ3n) is 2.64. The number of rotatable bonds is 8. The molecule has 0 heterocycles. The number of ether oxygens (including phenoxy) is 3. The summed E-state index contributed by atoms with van der Waals surface area (Å²) >= 11 is 0. The summed E-state index contributed by atoms with van der Waals surface area (Å²) in [6.07, 6.45) is 2.03. The van der Waals surface area contributed by atoms with E-state index in [4.69, 9.17) is 15.2 Å². The van der Waals surface area contributed by atoms with Gasteiger partial charge in [0.25, 0.3) is 0 Å². The van der Waals surface area contributed by atoms with Crippen LogP contribution < -0.4 is 10.5 Å². The number of unbranched alkanes of at least 4 members (excludes halogenated alkanes) is 1. The van der Waals surface area contributed by atoms with Crippen LogP contribution in [0.2, 0.25) is 0 Å². The first kappa shape index (κ1) is 16.2. The lowest BCUT2D eigenvalue weighted by Gasteiger charge is -2.10. The lowest BCUT2D eigenvalue weighted by Crippen LogP contribution is -2.11. The number of benzene rings is 1. The summed E-state index contributed by atoms with van der Waals surface area (Å²) in [5.74, 6) is -1.30. The minimum absolute atomic E-state index is 0.0147. The number of halogens is 1. The predicted octanol–water partition coefficient (Wildman–Crippen LogP) is 2.39. The number of hydrogen-bond acceptors (Lipinski definition) is 5. The van der Waals surface area contributed by atoms with Gasteiger partial charge in [0.15, 0.2) is 11.6 Å². The van der Waals surface area contributed by atoms with Gasteiger partial charge >= 0.3 is 5.97 Å². The molecule has 0 bridgehead atoms. The lowest BCUT2D eigenvalue weighted by atomic mass is 10.1. The van der Waals surface area contributed by atoms with Crippen LogP contribution in [0.4, 0.5) is 10.1 Å². The van der Waals surface area contributed by atoms with Crippen LogP contribution in [0.25, 0.3) is 0 Å². The zero-order valence-electron chi connectivity index (χ0n) is 11.8. The van der Waals surface area contributed by atoms with Gasteiger partial charge in [-0.2, -0.15) is 0 Å². The van der Waals surface area contributed by atoms with Crippen molar-refractivity contribution in [1.29, 1.82) is 0 Å². The average Bonchev–Trinajstić information content (AvgIpc) is 2.43. The Balaban J connectivity index is 2.59. The van der Waals surface area contributed by atoms with Crippen LogP contribution in [0.15, 0.2) is 12.1 Å². The van der Waals surface area contributed by atoms with Crippen molar-refractivity contribution in [2.75, 3.05) is 32.7 Å². The second-order valence-electron chi connectivity index (χ2n) is 4.18. The SMILES string of the molecule is CCCCOCCOc1cc(C(=O)OC)c(N)cc1F. The van der Waals surface area contributed by atoms with Gasteiger partial charge in [0.2, 0.25) is 0 Å². The van der Waals surface area contributed by atoms with E-state index >= 15 is 0 Å². The molecule has 0 saturated heterocycles. The summed E-state index contributed by atoms with van der Waals surface area (Å²) < 4.78 is 28.7. The third kappa shape index (κ3) is 4.70. The summed E-state index contributed by atoms with van der Waals surface area (Å²) in [4.78, 5) is 11.4. The molecular weight excluding hydrogens is 265 g/mol. The zero-order valence-corrected chi connectivity index (χ0v) is 11.8. The van der Waals surface area contributed by atoms with Crippen molar-refractivity contribution in [2.24, 2.45) is 0 Å². The van der Waals surface area contributed by atoms with Crippen molar-refractivity contribution in [3.8, 4) is 5.75 Å². The first-order chi connectivity index (χ1) is 9.60. The molecule has 0 aliphatic heterocycles. The molecule has 1 aromatic carbocycles. The predicted molar refractivity (Wildman–Crippen MR) is 73.4 cm³/mol. The highest BCUT2D eigenvalue weighted by Crippen LogP contribution is 2.24. The van der Waals surface area contributed by atoms with E-state index in [0.717, 1.165) is 18.9 Å². The van der Waals surface area contributed by atoms with E-state index in [-0.39, 0.29) is 23.6 Å². The van der Waals surface area contributed by atoms with Crippen molar-refractivity contribution in [3.05, 3.63) is 23.5 Å². The molecule has 1 rings (SSSR count). The van der Waals surface area contributed by atoms with E-state index in [0.29, 0.717) is 13.2 Å². The molecule has 2 N–H and O–H groups in total. The molecule has 0 aliphatic rings. The number of anilines is 1. The molecule has 0 saturated carbocycles. The first-order valence-corrected chi connectivity index (χ1v) is 6.48. The number of carbonyl (C=O) groups is 1. The van der Waals surface area contributed by atoms with E-state index in [1.54, 1.807) is 0 Å². The Morgan fingerprint density at radius 1 is 1.30 bits per heavy atom. The molecule has 20 heavy (non-hydrogen) atoms. The zero-order chi connectivity index (χ0) is 15.0. The van der Waals surface area contributed by atoms with Crippen molar-refractivity contribution in [2.45, 2.75) is 19.8 Å². The maximum atomic E-state index is 13.6. The van der Waals surface area contributed by atoms with Crippen LogP contribution in [0.1, 0.15) is 30.1 Å². The highest BCUT2D eigenvalue weighted by molar-refractivity contribution is 5.95. The van der Waals surface area contributed by atoms with E-state index in [9.17, 15) is 9.18 Å². The lowest BCUT2D eigenvalue weighted by molar-refractivity contribution is 0.0601. The van der Waals surface area contributed by atoms with Gasteiger partial charge in [-0.25, -0.2) is 9.18 Å². The summed E-state index contributed by atoms with van der Waals surface area (Å²) in [7, 11) is 1.23. The Hall–Kier alpha value is -1.82. The molecule has 5 nitrogen and oxygen atoms in total. The molecule has 0 fully saturated rings. The van der Waals surface area contributed by atoms with Crippen molar-refractivity contribution in [1.82, 2.24) is 0 Å². The number of nitrogen functional groups attached to an aromatic ring is 1. The molecule has 0 aromatic heterocycles. The number of nitrogens with two attached hydrogens (primary N) is 1. The van der Waals surface area contributed by atoms with Crippen LogP contribution in [0.3, 0.4) is 0 Å². The molecule has 0 unspecified atom stereocenters. The van der Waals surface area contributed by atoms with Crippen molar-refractivity contribution >= 4 is 11.7 Å². The minimum atomic E-state index is -0.633. The molecule has 0 atom stereocenters. The molecule has 112 valence electrons. The topological polar surface area (TPSA) is 70.8 Å². The van der Waals surface area contributed by atoms with Gasteiger partial charge in [-0.15, -0.1) is 0 Å². The summed E-state index contributed by atoms with van der Waals surface area (Å²) in [5, 5.41) is 0. The van der Waals surface area contributed by atoms with Gasteiger partial charge in [0.05, 0.1) is 19.3 Å². The van der Waals surface area contributed by atoms with Gasteiger partial charge in [0.1, 0.15) is 6.61 Å². The Morgan fingerprint density at radius 3 is 2.70 bits per heavy atom. The Bertz CT molecular complexity index is 451. The molecule has 6 heteroatoms. The Morgan fingerprint density at radius 2 is 2.05 bits per heavy atom. The molecular formula is C14H20FNO4. The molecule has 0 aliphatic carbocycles. The largest absolute Gasteiger partial charge is 0.488 e. The standard InChI is InChI=1S/C14H20FNO4/c1-3-4-5-19-6-7-20-13-8-10(14(17)18-2)12(16)9-11(13)15/h8-9H,3-7,16H2,1-2H3. The Kier molecular flexibility index (Phi) is 6.79. The van der Waals surface area contributed by atoms with E-state index in [1.807, 2.05) is 0 Å². The minimum Gasteiger partial charge on any atom is -0.488 e. The van der Waals surface area contributed by atoms with Gasteiger partial charge in [-0.05, 0) is 12.5 Å². The van der Waals surface area contributed by atoms with E-state index in [1.165, 1.54) is 13.2 Å². The van der Waals surface area contributed by atoms with Crippen LogP contribution in [-0.2, 0) is 9.47 Å².